The molecule has 1 aliphatic heterocycles. The van der Waals surface area contributed by atoms with E-state index in [2.05, 4.69) is 9.88 Å². The van der Waals surface area contributed by atoms with E-state index in [9.17, 15) is 22.8 Å². The molecule has 1 aliphatic rings. The van der Waals surface area contributed by atoms with Crippen LogP contribution < -0.4 is 5.73 Å². The minimum Gasteiger partial charge on any atom is -0.366 e. The summed E-state index contributed by atoms with van der Waals surface area (Å²) in [6, 6.07) is 13.3. The summed E-state index contributed by atoms with van der Waals surface area (Å²) in [5.74, 6) is -0.817. The van der Waals surface area contributed by atoms with Gasteiger partial charge in [0.25, 0.3) is 11.8 Å². The number of rotatable bonds is 3. The molecule has 180 valence electrons. The van der Waals surface area contributed by atoms with Crippen molar-refractivity contribution in [2.45, 2.75) is 6.18 Å². The number of hydrogen-bond donors (Lipinski definition) is 2. The molecule has 3 N–H and O–H groups in total. The number of benzene rings is 3. The van der Waals surface area contributed by atoms with E-state index in [0.717, 1.165) is 19.2 Å². The van der Waals surface area contributed by atoms with E-state index < -0.39 is 17.6 Å². The van der Waals surface area contributed by atoms with Gasteiger partial charge in [-0.1, -0.05) is 30.3 Å². The van der Waals surface area contributed by atoms with Crippen molar-refractivity contribution in [2.24, 2.45) is 5.73 Å². The van der Waals surface area contributed by atoms with Gasteiger partial charge in [0.2, 0.25) is 0 Å². The van der Waals surface area contributed by atoms with Gasteiger partial charge in [-0.05, 0) is 42.4 Å². The topological polar surface area (TPSA) is 82.4 Å². The quantitative estimate of drug-likeness (QED) is 0.453. The zero-order valence-electron chi connectivity index (χ0n) is 18.9. The van der Waals surface area contributed by atoms with Gasteiger partial charge in [0, 0.05) is 48.0 Å². The lowest BCUT2D eigenvalue weighted by molar-refractivity contribution is -0.137. The van der Waals surface area contributed by atoms with Crippen molar-refractivity contribution in [1.29, 1.82) is 0 Å². The summed E-state index contributed by atoms with van der Waals surface area (Å²) < 4.78 is 41.4. The van der Waals surface area contributed by atoms with Gasteiger partial charge in [-0.2, -0.15) is 13.2 Å². The smallest absolute Gasteiger partial charge is 0.366 e. The lowest BCUT2D eigenvalue weighted by Gasteiger charge is -2.32. The number of piperazine rings is 1. The number of likely N-dealkylation sites (N-methyl/N-ethyl adjacent to an activating group) is 1. The molecule has 1 saturated heterocycles. The van der Waals surface area contributed by atoms with Crippen LogP contribution in [0.4, 0.5) is 13.2 Å². The number of carbonyl (C=O) groups is 2. The van der Waals surface area contributed by atoms with Gasteiger partial charge in [0.1, 0.15) is 0 Å². The minimum absolute atomic E-state index is 0.000454. The number of fused-ring (bicyclic) bond motifs is 3. The van der Waals surface area contributed by atoms with Crippen LogP contribution in [0, 0.1) is 0 Å². The predicted molar refractivity (Wildman–Crippen MR) is 128 cm³/mol. The molecule has 0 unspecified atom stereocenters. The highest BCUT2D eigenvalue weighted by Gasteiger charge is 2.34. The van der Waals surface area contributed by atoms with E-state index in [-0.39, 0.29) is 17.0 Å². The van der Waals surface area contributed by atoms with E-state index in [1.54, 1.807) is 29.2 Å². The third kappa shape index (κ3) is 4.01. The zero-order valence-corrected chi connectivity index (χ0v) is 18.9. The van der Waals surface area contributed by atoms with Crippen LogP contribution in [-0.2, 0) is 6.18 Å². The maximum absolute atomic E-state index is 13.8. The number of amides is 2. The lowest BCUT2D eigenvalue weighted by Crippen LogP contribution is -2.47. The van der Waals surface area contributed by atoms with E-state index in [1.807, 2.05) is 7.05 Å². The Labute approximate surface area is 199 Å². The molecular formula is C26H23F3N4O2. The maximum atomic E-state index is 13.8. The van der Waals surface area contributed by atoms with E-state index in [0.29, 0.717) is 46.0 Å². The first kappa shape index (κ1) is 22.9. The minimum atomic E-state index is -4.56. The highest BCUT2D eigenvalue weighted by atomic mass is 19.4. The van der Waals surface area contributed by atoms with E-state index in [4.69, 9.17) is 5.73 Å². The van der Waals surface area contributed by atoms with Gasteiger partial charge in [-0.15, -0.1) is 0 Å². The molecule has 0 spiro atoms. The molecule has 9 heteroatoms. The van der Waals surface area contributed by atoms with Crippen LogP contribution in [0.2, 0.25) is 0 Å². The number of primary amides is 1. The summed E-state index contributed by atoms with van der Waals surface area (Å²) in [4.78, 5) is 32.3. The number of aromatic amines is 1. The first-order chi connectivity index (χ1) is 16.6. The molecule has 4 aromatic rings. The maximum Gasteiger partial charge on any atom is 0.417 e. The Kier molecular flexibility index (Phi) is 5.52. The SMILES string of the molecule is CN1CCN(C(=O)c2ccc3c(c2)[nH]c2c(C(N)=O)ccc(-c4ccccc4C(F)(F)F)c23)CC1. The van der Waals surface area contributed by atoms with Crippen LogP contribution in [0.25, 0.3) is 32.9 Å². The van der Waals surface area contributed by atoms with Crippen molar-refractivity contribution < 1.29 is 22.8 Å². The largest absolute Gasteiger partial charge is 0.417 e. The zero-order chi connectivity index (χ0) is 24.9. The Balaban J connectivity index is 1.70. The summed E-state index contributed by atoms with van der Waals surface area (Å²) >= 11 is 0. The molecule has 0 atom stereocenters. The molecule has 0 saturated carbocycles. The Morgan fingerprint density at radius 2 is 1.66 bits per heavy atom. The van der Waals surface area contributed by atoms with Crippen molar-refractivity contribution in [3.8, 4) is 11.1 Å². The third-order valence-electron chi connectivity index (χ3n) is 6.58. The van der Waals surface area contributed by atoms with Gasteiger partial charge in [-0.3, -0.25) is 9.59 Å². The highest BCUT2D eigenvalue weighted by molar-refractivity contribution is 6.20. The first-order valence-electron chi connectivity index (χ1n) is 11.2. The monoisotopic (exact) mass is 480 g/mol. The molecule has 5 rings (SSSR count). The van der Waals surface area contributed by atoms with Gasteiger partial charge in [-0.25, -0.2) is 0 Å². The van der Waals surface area contributed by atoms with Crippen molar-refractivity contribution in [2.75, 3.05) is 33.2 Å². The molecule has 0 bridgehead atoms. The van der Waals surface area contributed by atoms with Crippen LogP contribution in [0.15, 0.2) is 54.6 Å². The van der Waals surface area contributed by atoms with Gasteiger partial charge < -0.3 is 20.5 Å². The third-order valence-corrected chi connectivity index (χ3v) is 6.58. The predicted octanol–water partition coefficient (Wildman–Crippen LogP) is 4.49. The fourth-order valence-electron chi connectivity index (χ4n) is 4.73. The van der Waals surface area contributed by atoms with Crippen LogP contribution in [-0.4, -0.2) is 59.8 Å². The second kappa shape index (κ2) is 8.42. The summed E-state index contributed by atoms with van der Waals surface area (Å²) in [5.41, 5.74) is 6.63. The van der Waals surface area contributed by atoms with Crippen molar-refractivity contribution in [3.63, 3.8) is 0 Å². The number of aromatic nitrogens is 1. The number of alkyl halides is 3. The lowest BCUT2D eigenvalue weighted by atomic mass is 9.93. The number of nitrogens with one attached hydrogen (secondary N) is 1. The second-order valence-corrected chi connectivity index (χ2v) is 8.80. The summed E-state index contributed by atoms with van der Waals surface area (Å²) in [6.07, 6.45) is -4.56. The first-order valence-corrected chi connectivity index (χ1v) is 11.2. The van der Waals surface area contributed by atoms with Crippen LogP contribution in [0.5, 0.6) is 0 Å². The van der Waals surface area contributed by atoms with Crippen LogP contribution in [0.3, 0.4) is 0 Å². The van der Waals surface area contributed by atoms with Gasteiger partial charge >= 0.3 is 6.18 Å². The standard InChI is InChI=1S/C26H23F3N4O2/c1-32-10-12-33(13-11-32)25(35)15-6-7-18-21(14-15)31-23-19(24(30)34)9-8-17(22(18)23)16-4-2-3-5-20(16)26(27,28)29/h2-9,14,31H,10-13H2,1H3,(H2,30,34). The Morgan fingerprint density at radius 1 is 0.943 bits per heavy atom. The van der Waals surface area contributed by atoms with Gasteiger partial charge in [0.05, 0.1) is 16.6 Å². The molecule has 2 amide bonds. The Bertz CT molecular complexity index is 1470. The summed E-state index contributed by atoms with van der Waals surface area (Å²) in [6.45, 7) is 2.79. The Hall–Kier alpha value is -3.85. The molecule has 1 aromatic heterocycles. The fourth-order valence-corrected chi connectivity index (χ4v) is 4.73. The molecule has 3 aromatic carbocycles. The molecular weight excluding hydrogens is 457 g/mol. The Morgan fingerprint density at radius 3 is 2.34 bits per heavy atom. The number of H-pyrrole nitrogens is 1. The fraction of sp³-hybridized carbons (Fsp3) is 0.231. The van der Waals surface area contributed by atoms with Crippen molar-refractivity contribution in [1.82, 2.24) is 14.8 Å². The summed E-state index contributed by atoms with van der Waals surface area (Å²) in [7, 11) is 2.00. The van der Waals surface area contributed by atoms with Gasteiger partial charge in [0.15, 0.2) is 0 Å². The highest BCUT2D eigenvalue weighted by Crippen LogP contribution is 2.42. The van der Waals surface area contributed by atoms with Crippen LogP contribution in [0.1, 0.15) is 26.3 Å². The molecule has 35 heavy (non-hydrogen) atoms. The molecule has 2 heterocycles. The number of hydrogen-bond acceptors (Lipinski definition) is 3. The van der Waals surface area contributed by atoms with E-state index >= 15 is 0 Å². The molecule has 0 radical (unpaired) electrons. The molecule has 6 nitrogen and oxygen atoms in total. The number of nitrogens with zero attached hydrogens (tertiary/aromatic N) is 2. The average Bonchev–Trinajstić information content (AvgIpc) is 3.21. The van der Waals surface area contributed by atoms with Crippen molar-refractivity contribution in [3.05, 3.63) is 71.3 Å². The summed E-state index contributed by atoms with van der Waals surface area (Å²) in [5, 5.41) is 1.05. The number of nitrogens with two attached hydrogens (primary N) is 1. The number of carbonyl (C=O) groups excluding carboxylic acids is 2. The van der Waals surface area contributed by atoms with Crippen molar-refractivity contribution >= 4 is 33.6 Å². The molecule has 0 aliphatic carbocycles. The molecule has 1 fully saturated rings. The normalized spacial score (nSPS) is 15.1. The second-order valence-electron chi connectivity index (χ2n) is 8.80. The van der Waals surface area contributed by atoms with Crippen LogP contribution >= 0.6 is 0 Å². The number of halogens is 3. The van der Waals surface area contributed by atoms with E-state index in [1.165, 1.54) is 24.3 Å². The average molecular weight is 480 g/mol.